The van der Waals surface area contributed by atoms with Crippen LogP contribution < -0.4 is 10.6 Å². The summed E-state index contributed by atoms with van der Waals surface area (Å²) in [6, 6.07) is 0.234. The number of rotatable bonds is 6. The van der Waals surface area contributed by atoms with Crippen LogP contribution in [0, 0.1) is 11.3 Å². The molecule has 1 fully saturated rings. The molecule has 1 aliphatic heterocycles. The van der Waals surface area contributed by atoms with E-state index in [1.54, 1.807) is 0 Å². The Labute approximate surface area is 187 Å². The van der Waals surface area contributed by atoms with E-state index >= 15 is 0 Å². The molecule has 3 atom stereocenters. The van der Waals surface area contributed by atoms with Gasteiger partial charge in [0.2, 0.25) is 0 Å². The van der Waals surface area contributed by atoms with Crippen molar-refractivity contribution in [2.45, 2.75) is 45.8 Å². The van der Waals surface area contributed by atoms with Gasteiger partial charge in [0.05, 0.1) is 18.3 Å². The van der Waals surface area contributed by atoms with Crippen molar-refractivity contribution in [3.8, 4) is 0 Å². The molecule has 7 nitrogen and oxygen atoms in total. The lowest BCUT2D eigenvalue weighted by atomic mass is 9.78. The molecule has 1 aromatic rings. The average molecular weight is 506 g/mol. The van der Waals surface area contributed by atoms with Gasteiger partial charge in [0.15, 0.2) is 5.96 Å². The third-order valence-electron chi connectivity index (χ3n) is 5.25. The summed E-state index contributed by atoms with van der Waals surface area (Å²) in [4.78, 5) is 6.60. The van der Waals surface area contributed by atoms with Gasteiger partial charge < -0.3 is 20.3 Å². The summed E-state index contributed by atoms with van der Waals surface area (Å²) in [7, 11) is 7.94. The van der Waals surface area contributed by atoms with Crippen LogP contribution in [0.1, 0.15) is 45.2 Å². The monoisotopic (exact) mass is 506 g/mol. The molecular formula is C20H39IN6O. The zero-order valence-electron chi connectivity index (χ0n) is 18.5. The Hall–Kier alpha value is -0.870. The SMILES string of the molecule is CN=C(NCC1CCCOC1C(C)(C)C)NCC(c1cnn(C)c1)N(C)C.I. The number of likely N-dealkylation sites (N-methyl/N-ethyl adjacent to an activating group) is 1. The molecule has 2 N–H and O–H groups in total. The number of ether oxygens (including phenoxy) is 1. The van der Waals surface area contributed by atoms with Crippen LogP contribution in [0.2, 0.25) is 0 Å². The Morgan fingerprint density at radius 1 is 1.39 bits per heavy atom. The average Bonchev–Trinajstić information content (AvgIpc) is 3.03. The Balaban J connectivity index is 0.00000392. The highest BCUT2D eigenvalue weighted by Gasteiger charge is 2.35. The smallest absolute Gasteiger partial charge is 0.191 e. The Bertz CT molecular complexity index is 610. The number of hydrogen-bond donors (Lipinski definition) is 2. The van der Waals surface area contributed by atoms with Crippen LogP contribution in [0.25, 0.3) is 0 Å². The van der Waals surface area contributed by atoms with Crippen LogP contribution in [-0.4, -0.2) is 67.6 Å². The molecule has 8 heteroatoms. The second-order valence-electron chi connectivity index (χ2n) is 8.82. The molecule has 1 aliphatic rings. The summed E-state index contributed by atoms with van der Waals surface area (Å²) in [5, 5.41) is 11.3. The van der Waals surface area contributed by atoms with Crippen molar-refractivity contribution in [2.24, 2.45) is 23.4 Å². The first-order valence-corrected chi connectivity index (χ1v) is 9.93. The van der Waals surface area contributed by atoms with E-state index in [1.807, 2.05) is 25.0 Å². The van der Waals surface area contributed by atoms with E-state index in [0.29, 0.717) is 5.92 Å². The van der Waals surface area contributed by atoms with Crippen molar-refractivity contribution in [3.05, 3.63) is 18.0 Å². The molecule has 0 radical (unpaired) electrons. The summed E-state index contributed by atoms with van der Waals surface area (Å²) in [6.45, 7) is 9.31. The minimum absolute atomic E-state index is 0. The first-order valence-electron chi connectivity index (χ1n) is 9.93. The molecule has 0 spiro atoms. The molecular weight excluding hydrogens is 467 g/mol. The molecule has 162 valence electrons. The fourth-order valence-corrected chi connectivity index (χ4v) is 3.86. The third kappa shape index (κ3) is 7.18. The number of aromatic nitrogens is 2. The van der Waals surface area contributed by atoms with Crippen LogP contribution in [0.3, 0.4) is 0 Å². The summed E-state index contributed by atoms with van der Waals surface area (Å²) >= 11 is 0. The van der Waals surface area contributed by atoms with Crippen LogP contribution in [0.5, 0.6) is 0 Å². The number of hydrogen-bond acceptors (Lipinski definition) is 4. The van der Waals surface area contributed by atoms with Crippen molar-refractivity contribution in [3.63, 3.8) is 0 Å². The standard InChI is InChI=1S/C20H38N6O.HI/c1-20(2,3)18-15(9-8-10-27-18)11-22-19(21-4)23-13-17(25(5)6)16-12-24-26(7)14-16;/h12,14-15,17-18H,8-11,13H2,1-7H3,(H2,21,22,23);1H. The Morgan fingerprint density at radius 3 is 2.64 bits per heavy atom. The van der Waals surface area contributed by atoms with E-state index in [-0.39, 0.29) is 41.5 Å². The third-order valence-corrected chi connectivity index (χ3v) is 5.25. The fraction of sp³-hybridized carbons (Fsp3) is 0.800. The molecule has 3 unspecified atom stereocenters. The van der Waals surface area contributed by atoms with E-state index in [0.717, 1.165) is 32.1 Å². The predicted molar refractivity (Wildman–Crippen MR) is 126 cm³/mol. The van der Waals surface area contributed by atoms with E-state index in [1.165, 1.54) is 12.0 Å². The first-order chi connectivity index (χ1) is 12.7. The molecule has 2 rings (SSSR count). The minimum atomic E-state index is 0. The molecule has 0 amide bonds. The molecule has 1 aromatic heterocycles. The number of aliphatic imine (C=N–C) groups is 1. The fourth-order valence-electron chi connectivity index (χ4n) is 3.86. The maximum absolute atomic E-state index is 6.09. The summed E-state index contributed by atoms with van der Waals surface area (Å²) < 4.78 is 7.94. The van der Waals surface area contributed by atoms with Gasteiger partial charge in [-0.25, -0.2) is 0 Å². The van der Waals surface area contributed by atoms with E-state index in [4.69, 9.17) is 4.74 Å². The van der Waals surface area contributed by atoms with E-state index in [9.17, 15) is 0 Å². The van der Waals surface area contributed by atoms with Gasteiger partial charge in [-0.15, -0.1) is 24.0 Å². The normalized spacial score (nSPS) is 21.9. The number of aryl methyl sites for hydroxylation is 1. The molecule has 0 aliphatic carbocycles. The van der Waals surface area contributed by atoms with E-state index < -0.39 is 0 Å². The lowest BCUT2D eigenvalue weighted by Gasteiger charge is -2.40. The van der Waals surface area contributed by atoms with Crippen molar-refractivity contribution < 1.29 is 4.74 Å². The molecule has 0 aromatic carbocycles. The zero-order chi connectivity index (χ0) is 20.0. The Morgan fingerprint density at radius 2 is 2.11 bits per heavy atom. The highest BCUT2D eigenvalue weighted by molar-refractivity contribution is 14.0. The zero-order valence-corrected chi connectivity index (χ0v) is 20.9. The summed E-state index contributed by atoms with van der Waals surface area (Å²) in [5.74, 6) is 1.34. The second-order valence-corrected chi connectivity index (χ2v) is 8.82. The van der Waals surface area contributed by atoms with Gasteiger partial charge in [-0.05, 0) is 32.4 Å². The van der Waals surface area contributed by atoms with Gasteiger partial charge in [-0.3, -0.25) is 9.67 Å². The quantitative estimate of drug-likeness (QED) is 0.353. The molecule has 0 bridgehead atoms. The molecule has 1 saturated heterocycles. The largest absolute Gasteiger partial charge is 0.377 e. The lowest BCUT2D eigenvalue weighted by molar-refractivity contribution is -0.0835. The van der Waals surface area contributed by atoms with Crippen LogP contribution >= 0.6 is 24.0 Å². The van der Waals surface area contributed by atoms with E-state index in [2.05, 4.69) is 66.7 Å². The molecule has 28 heavy (non-hydrogen) atoms. The van der Waals surface area contributed by atoms with Crippen molar-refractivity contribution in [1.29, 1.82) is 0 Å². The molecule has 0 saturated carbocycles. The lowest BCUT2D eigenvalue weighted by Crippen LogP contribution is -2.48. The number of halogens is 1. The van der Waals surface area contributed by atoms with Crippen LogP contribution in [0.4, 0.5) is 0 Å². The number of nitrogens with one attached hydrogen (secondary N) is 2. The van der Waals surface area contributed by atoms with Gasteiger partial charge in [0, 0.05) is 51.5 Å². The van der Waals surface area contributed by atoms with Gasteiger partial charge in [-0.2, -0.15) is 5.10 Å². The highest BCUT2D eigenvalue weighted by atomic mass is 127. The van der Waals surface area contributed by atoms with Gasteiger partial charge >= 0.3 is 0 Å². The minimum Gasteiger partial charge on any atom is -0.377 e. The summed E-state index contributed by atoms with van der Waals surface area (Å²) in [5.41, 5.74) is 1.35. The topological polar surface area (TPSA) is 66.7 Å². The van der Waals surface area contributed by atoms with Crippen LogP contribution in [0.15, 0.2) is 17.4 Å². The van der Waals surface area contributed by atoms with Gasteiger partial charge in [0.25, 0.3) is 0 Å². The van der Waals surface area contributed by atoms with Crippen LogP contribution in [-0.2, 0) is 11.8 Å². The van der Waals surface area contributed by atoms with Crippen molar-refractivity contribution in [2.75, 3.05) is 40.8 Å². The van der Waals surface area contributed by atoms with Gasteiger partial charge in [-0.1, -0.05) is 20.8 Å². The predicted octanol–water partition coefficient (Wildman–Crippen LogP) is 2.65. The highest BCUT2D eigenvalue weighted by Crippen LogP contribution is 2.33. The second kappa shape index (κ2) is 11.3. The summed E-state index contributed by atoms with van der Waals surface area (Å²) in [6.07, 6.45) is 6.60. The first kappa shape index (κ1) is 25.2. The molecule has 2 heterocycles. The Kier molecular flexibility index (Phi) is 10.2. The number of guanidine groups is 1. The van der Waals surface area contributed by atoms with Gasteiger partial charge in [0.1, 0.15) is 0 Å². The van der Waals surface area contributed by atoms with Crippen molar-refractivity contribution >= 4 is 29.9 Å². The van der Waals surface area contributed by atoms with Crippen molar-refractivity contribution in [1.82, 2.24) is 25.3 Å². The number of nitrogens with zero attached hydrogens (tertiary/aromatic N) is 4. The maximum atomic E-state index is 6.09. The maximum Gasteiger partial charge on any atom is 0.191 e.